The number of phenolic OH excluding ortho intramolecular Hbond substituents is 1. The number of imide groups is 1. The number of likely N-dealkylation sites (tertiary alicyclic amines) is 2. The molecule has 21 heteroatoms. The molecule has 82 heavy (non-hydrogen) atoms. The van der Waals surface area contributed by atoms with E-state index in [1.165, 1.54) is 34.5 Å². The summed E-state index contributed by atoms with van der Waals surface area (Å²) in [4.78, 5) is 76.7. The molecule has 0 spiro atoms. The average molecular weight is 1120 g/mol. The summed E-state index contributed by atoms with van der Waals surface area (Å²) >= 11 is 0. The molecular formula is C61H66F2N12O7. The molecule has 5 aliphatic rings. The number of nitrogens with zero attached hydrogens (tertiary/aromatic N) is 10. The van der Waals surface area contributed by atoms with E-state index in [2.05, 4.69) is 42.5 Å². The number of imidazole rings is 2. The standard InChI is InChI=1S/C61H66F2N12O7/c1-3-43-46(62)8-6-40-27-42(76)29-44(52(40)43)54-53(63)55-45(31-65-54)56(66-30-37-5-11-50-64-20-26-73(50)33-37)69-58(68-55)82-35-61-18-4-21-74(61)41(13-19-61)34-81-60(80)72-24-14-36(15-25-72)32-71-22-16-38(17-23-71)39-7-9-47-49(28-39)70(2)59(79)75(47)48-10-12-51(77)67-57(48)78/h5-9,11,20,26-29,31,33,36,38,41,48,76H,3-4,10,12-19,21-25,30,32,34-35H2,1-2H3,(H,66,68,69)(H,67,77,78)/t41-,48?,61-/m0/s1. The van der Waals surface area contributed by atoms with Crippen molar-refractivity contribution in [1.29, 1.82) is 0 Å². The maximum atomic E-state index is 17.3. The third kappa shape index (κ3) is 9.83. The number of amides is 3. The van der Waals surface area contributed by atoms with Crippen molar-refractivity contribution >= 4 is 62.1 Å². The molecule has 0 aliphatic carbocycles. The lowest BCUT2D eigenvalue weighted by atomic mass is 9.88. The van der Waals surface area contributed by atoms with Gasteiger partial charge < -0.3 is 34.1 Å². The van der Waals surface area contributed by atoms with Crippen LogP contribution in [-0.2, 0) is 34.3 Å². The third-order valence-electron chi connectivity index (χ3n) is 18.3. The van der Waals surface area contributed by atoms with Crippen molar-refractivity contribution < 1.29 is 37.7 Å². The van der Waals surface area contributed by atoms with Crippen molar-refractivity contribution in [3.05, 3.63) is 118 Å². The van der Waals surface area contributed by atoms with E-state index in [-0.39, 0.29) is 77.4 Å². The van der Waals surface area contributed by atoms with Crippen molar-refractivity contribution in [3.63, 3.8) is 0 Å². The van der Waals surface area contributed by atoms with Crippen LogP contribution in [0.15, 0.2) is 84.2 Å². The molecule has 3 N–H and O–H groups in total. The smallest absolute Gasteiger partial charge is 0.409 e. The highest BCUT2D eigenvalue weighted by molar-refractivity contribution is 6.02. The number of ether oxygens (including phenoxy) is 2. The summed E-state index contributed by atoms with van der Waals surface area (Å²) in [5.74, 6) is -0.908. The normalized spacial score (nSPS) is 21.3. The number of benzene rings is 3. The first-order chi connectivity index (χ1) is 39.8. The Morgan fingerprint density at radius 3 is 2.57 bits per heavy atom. The number of aryl methyl sites for hydroxylation is 2. The fourth-order valence-corrected chi connectivity index (χ4v) is 13.9. The van der Waals surface area contributed by atoms with Gasteiger partial charge in [-0.2, -0.15) is 9.97 Å². The van der Waals surface area contributed by atoms with E-state index in [1.54, 1.807) is 23.9 Å². The van der Waals surface area contributed by atoms with Crippen LogP contribution in [0.4, 0.5) is 19.4 Å². The molecule has 1 unspecified atom stereocenters. The van der Waals surface area contributed by atoms with Crippen LogP contribution in [0.25, 0.3) is 49.6 Å². The lowest BCUT2D eigenvalue weighted by Gasteiger charge is -2.38. The minimum atomic E-state index is -0.763. The summed E-state index contributed by atoms with van der Waals surface area (Å²) in [5.41, 5.74) is 4.27. The molecule has 10 heterocycles. The van der Waals surface area contributed by atoms with Gasteiger partial charge in [-0.25, -0.2) is 23.4 Å². The number of aromatic nitrogens is 7. The summed E-state index contributed by atoms with van der Waals surface area (Å²) in [6.45, 7) is 7.68. The molecule has 426 valence electrons. The summed E-state index contributed by atoms with van der Waals surface area (Å²) in [5, 5.41) is 17.9. The summed E-state index contributed by atoms with van der Waals surface area (Å²) in [6, 6.07) is 15.1. The molecule has 5 aliphatic heterocycles. The molecule has 5 saturated heterocycles. The Labute approximate surface area is 471 Å². The molecule has 5 aromatic heterocycles. The van der Waals surface area contributed by atoms with Crippen molar-refractivity contribution in [1.82, 2.24) is 53.5 Å². The van der Waals surface area contributed by atoms with Crippen LogP contribution in [-0.4, -0.2) is 135 Å². The highest BCUT2D eigenvalue weighted by Crippen LogP contribution is 2.44. The minimum absolute atomic E-state index is 0.00636. The number of nitrogens with one attached hydrogen (secondary N) is 2. The maximum absolute atomic E-state index is 17.3. The SMILES string of the molecule is CCc1c(F)ccc2cc(O)cc(-c3ncc4c(NCc5ccc6nccn6c5)nc(OC[C@@]56CCCN5[C@H](COC(=O)N5CCC(CN7CCC(c8ccc9c(c8)n(C)c(=O)n9C8CCC(=O)NC8=O)CC7)CC5)CC6)nc4c3F)c12. The van der Waals surface area contributed by atoms with Gasteiger partial charge in [-0.1, -0.05) is 25.1 Å². The van der Waals surface area contributed by atoms with E-state index in [9.17, 15) is 24.3 Å². The Hall–Kier alpha value is -8.04. The molecule has 0 saturated carbocycles. The molecule has 13 rings (SSSR count). The number of fused-ring (bicyclic) bond motifs is 5. The van der Waals surface area contributed by atoms with Crippen molar-refractivity contribution in [2.75, 3.05) is 57.8 Å². The lowest BCUT2D eigenvalue weighted by Crippen LogP contribution is -2.48. The zero-order valence-corrected chi connectivity index (χ0v) is 46.1. The number of halogens is 2. The van der Waals surface area contributed by atoms with Gasteiger partial charge in [-0.15, -0.1) is 0 Å². The van der Waals surface area contributed by atoms with Gasteiger partial charge in [0.2, 0.25) is 11.8 Å². The highest BCUT2D eigenvalue weighted by atomic mass is 19.1. The van der Waals surface area contributed by atoms with E-state index < -0.39 is 23.6 Å². The van der Waals surface area contributed by atoms with Crippen LogP contribution in [0.1, 0.15) is 99.8 Å². The van der Waals surface area contributed by atoms with Crippen LogP contribution < -0.4 is 21.1 Å². The predicted octanol–water partition coefficient (Wildman–Crippen LogP) is 8.39. The zero-order chi connectivity index (χ0) is 56.4. The minimum Gasteiger partial charge on any atom is -0.508 e. The van der Waals surface area contributed by atoms with Crippen molar-refractivity contribution in [2.24, 2.45) is 13.0 Å². The molecule has 8 aromatic rings. The van der Waals surface area contributed by atoms with E-state index in [0.717, 1.165) is 94.3 Å². The molecule has 0 bridgehead atoms. The number of piperidine rings is 3. The van der Waals surface area contributed by atoms with E-state index >= 15 is 8.78 Å². The lowest BCUT2D eigenvalue weighted by molar-refractivity contribution is -0.135. The van der Waals surface area contributed by atoms with Crippen molar-refractivity contribution in [3.8, 4) is 23.0 Å². The van der Waals surface area contributed by atoms with E-state index in [0.29, 0.717) is 77.4 Å². The summed E-state index contributed by atoms with van der Waals surface area (Å²) in [7, 11) is 1.73. The van der Waals surface area contributed by atoms with Gasteiger partial charge in [0, 0.05) is 76.0 Å². The molecule has 3 atom stereocenters. The second-order valence-corrected chi connectivity index (χ2v) is 23.1. The van der Waals surface area contributed by atoms with Gasteiger partial charge in [0.05, 0.1) is 22.0 Å². The third-order valence-corrected chi connectivity index (χ3v) is 18.3. The first-order valence-electron chi connectivity index (χ1n) is 28.9. The first kappa shape index (κ1) is 53.3. The van der Waals surface area contributed by atoms with Gasteiger partial charge in [-0.05, 0) is 160 Å². The highest BCUT2D eigenvalue weighted by Gasteiger charge is 2.50. The van der Waals surface area contributed by atoms with Crippen molar-refractivity contribution in [2.45, 2.75) is 108 Å². The largest absolute Gasteiger partial charge is 0.508 e. The Morgan fingerprint density at radius 2 is 1.76 bits per heavy atom. The molecule has 19 nitrogen and oxygen atoms in total. The van der Waals surface area contributed by atoms with Crippen LogP contribution >= 0.6 is 0 Å². The fraction of sp³-hybridized carbons (Fsp3) is 0.443. The van der Waals surface area contributed by atoms with Gasteiger partial charge in [0.25, 0.3) is 0 Å². The Morgan fingerprint density at radius 1 is 0.915 bits per heavy atom. The second kappa shape index (κ2) is 21.7. The molecule has 3 amide bonds. The topological polar surface area (TPSA) is 207 Å². The average Bonchev–Trinajstić information content (AvgIpc) is 4.40. The summed E-state index contributed by atoms with van der Waals surface area (Å²) < 4.78 is 50.2. The first-order valence-corrected chi connectivity index (χ1v) is 28.9. The Kier molecular flexibility index (Phi) is 14.1. The Balaban J connectivity index is 0.634. The van der Waals surface area contributed by atoms with E-state index in [4.69, 9.17) is 19.4 Å². The number of pyridine rings is 2. The Bertz CT molecular complexity index is 3890. The van der Waals surface area contributed by atoms with Crippen LogP contribution in [0.2, 0.25) is 0 Å². The number of carbonyl (C=O) groups excluding carboxylic acids is 3. The van der Waals surface area contributed by atoms with E-state index in [1.807, 2.05) is 46.8 Å². The fourth-order valence-electron chi connectivity index (χ4n) is 13.9. The molecule has 0 radical (unpaired) electrons. The van der Waals surface area contributed by atoms with Crippen LogP contribution in [0.3, 0.4) is 0 Å². The monoisotopic (exact) mass is 1120 g/mol. The number of anilines is 1. The summed E-state index contributed by atoms with van der Waals surface area (Å²) in [6.07, 6.45) is 14.8. The van der Waals surface area contributed by atoms with Gasteiger partial charge in [-0.3, -0.25) is 33.9 Å². The number of aromatic hydroxyl groups is 1. The number of phenols is 1. The number of hydrogen-bond acceptors (Lipinski definition) is 14. The second-order valence-electron chi connectivity index (χ2n) is 23.1. The van der Waals surface area contributed by atoms with Gasteiger partial charge >= 0.3 is 17.8 Å². The van der Waals surface area contributed by atoms with Gasteiger partial charge in [0.1, 0.15) is 53.5 Å². The molecular weight excluding hydrogens is 1050 g/mol. The van der Waals surface area contributed by atoms with Gasteiger partial charge in [0.15, 0.2) is 5.82 Å². The number of carbonyl (C=O) groups is 3. The molecule has 5 fully saturated rings. The quantitative estimate of drug-likeness (QED) is 0.0875. The number of rotatable bonds is 14. The zero-order valence-electron chi connectivity index (χ0n) is 46.1. The van der Waals surface area contributed by atoms with Crippen LogP contribution in [0, 0.1) is 17.6 Å². The molecule has 3 aromatic carbocycles. The maximum Gasteiger partial charge on any atom is 0.409 e. The number of hydrogen-bond donors (Lipinski definition) is 3. The predicted molar refractivity (Wildman–Crippen MR) is 304 cm³/mol. The van der Waals surface area contributed by atoms with Crippen LogP contribution in [0.5, 0.6) is 11.8 Å².